The summed E-state index contributed by atoms with van der Waals surface area (Å²) in [6.45, 7) is 7.06. The highest BCUT2D eigenvalue weighted by atomic mass is 14.3. The van der Waals surface area contributed by atoms with Crippen molar-refractivity contribution in [3.8, 4) is 0 Å². The van der Waals surface area contributed by atoms with E-state index in [9.17, 15) is 0 Å². The van der Waals surface area contributed by atoms with Gasteiger partial charge in [-0.15, -0.1) is 0 Å². The second kappa shape index (κ2) is 4.13. The van der Waals surface area contributed by atoms with E-state index in [1.807, 2.05) is 0 Å². The minimum absolute atomic E-state index is 0.913. The molecule has 0 amide bonds. The Morgan fingerprint density at radius 3 is 2.27 bits per heavy atom. The Balaban J connectivity index is 2.19. The van der Waals surface area contributed by atoms with Crippen molar-refractivity contribution >= 4 is 0 Å². The molecule has 1 rings (SSSR count). The normalized spacial score (nSPS) is 20.7. The third-order valence-corrected chi connectivity index (χ3v) is 2.94. The Bertz CT molecular complexity index is 101. The second-order valence-electron chi connectivity index (χ2n) is 4.47. The number of hydrogen-bond donors (Lipinski definition) is 0. The van der Waals surface area contributed by atoms with Crippen molar-refractivity contribution in [2.75, 3.05) is 0 Å². The van der Waals surface area contributed by atoms with Gasteiger partial charge in [0.05, 0.1) is 0 Å². The minimum Gasteiger partial charge on any atom is -0.0654 e. The fourth-order valence-corrected chi connectivity index (χ4v) is 1.88. The molecule has 1 aliphatic rings. The second-order valence-corrected chi connectivity index (χ2v) is 4.47. The van der Waals surface area contributed by atoms with Crippen LogP contribution >= 0.6 is 0 Å². The van der Waals surface area contributed by atoms with E-state index in [0.717, 1.165) is 17.8 Å². The highest BCUT2D eigenvalue weighted by Gasteiger charge is 2.26. The van der Waals surface area contributed by atoms with Crippen LogP contribution in [0, 0.1) is 17.8 Å². The van der Waals surface area contributed by atoms with Gasteiger partial charge in [0, 0.05) is 0 Å². The lowest BCUT2D eigenvalue weighted by atomic mass is 9.87. The van der Waals surface area contributed by atoms with Gasteiger partial charge in [0.25, 0.3) is 0 Å². The maximum atomic E-state index is 2.38. The Labute approximate surface area is 71.4 Å². The van der Waals surface area contributed by atoms with Gasteiger partial charge in [-0.2, -0.15) is 0 Å². The highest BCUT2D eigenvalue weighted by Crippen LogP contribution is 2.38. The molecule has 0 radical (unpaired) electrons. The van der Waals surface area contributed by atoms with E-state index < -0.39 is 0 Å². The van der Waals surface area contributed by atoms with Crippen LogP contribution in [0.15, 0.2) is 0 Å². The van der Waals surface area contributed by atoms with Crippen LogP contribution in [0.4, 0.5) is 0 Å². The molecule has 0 aromatic heterocycles. The lowest BCUT2D eigenvalue weighted by Crippen LogP contribution is -2.08. The molecule has 0 heterocycles. The van der Waals surface area contributed by atoms with Crippen LogP contribution < -0.4 is 0 Å². The smallest absolute Gasteiger partial charge is 0.0389 e. The molecule has 1 aliphatic carbocycles. The Hall–Kier alpha value is 0. The summed E-state index contributed by atoms with van der Waals surface area (Å²) in [6, 6.07) is 0. The van der Waals surface area contributed by atoms with E-state index >= 15 is 0 Å². The van der Waals surface area contributed by atoms with Gasteiger partial charge in [-0.3, -0.25) is 0 Å². The molecule has 0 aromatic carbocycles. The van der Waals surface area contributed by atoms with Crippen molar-refractivity contribution < 1.29 is 0 Å². The van der Waals surface area contributed by atoms with Gasteiger partial charge in [-0.25, -0.2) is 0 Å². The molecule has 0 aliphatic heterocycles. The molecule has 1 atom stereocenters. The first-order chi connectivity index (χ1) is 5.24. The Kier molecular flexibility index (Phi) is 3.42. The summed E-state index contributed by atoms with van der Waals surface area (Å²) in [7, 11) is 0. The van der Waals surface area contributed by atoms with Crippen LogP contribution in [0.25, 0.3) is 0 Å². The monoisotopic (exact) mass is 154 g/mol. The summed E-state index contributed by atoms with van der Waals surface area (Å²) in [5.74, 6) is 3.05. The van der Waals surface area contributed by atoms with Crippen molar-refractivity contribution in [3.05, 3.63) is 0 Å². The molecule has 66 valence electrons. The highest BCUT2D eigenvalue weighted by molar-refractivity contribution is 4.77. The molecule has 0 bridgehead atoms. The quantitative estimate of drug-likeness (QED) is 0.564. The van der Waals surface area contributed by atoms with Gasteiger partial charge >= 0.3 is 0 Å². The SMILES string of the molecule is CCCC(CC1CC1)C(C)C. The first kappa shape index (κ1) is 9.09. The van der Waals surface area contributed by atoms with Crippen molar-refractivity contribution in [2.24, 2.45) is 17.8 Å². The lowest BCUT2D eigenvalue weighted by Gasteiger charge is -2.19. The van der Waals surface area contributed by atoms with Gasteiger partial charge in [-0.05, 0) is 24.2 Å². The molecule has 0 nitrogen and oxygen atoms in total. The standard InChI is InChI=1S/C11H22/c1-4-5-11(9(2)3)8-10-6-7-10/h9-11H,4-8H2,1-3H3. The van der Waals surface area contributed by atoms with Gasteiger partial charge in [0.2, 0.25) is 0 Å². The van der Waals surface area contributed by atoms with Crippen molar-refractivity contribution in [2.45, 2.75) is 52.9 Å². The van der Waals surface area contributed by atoms with Gasteiger partial charge in [0.15, 0.2) is 0 Å². The molecule has 0 saturated heterocycles. The third kappa shape index (κ3) is 3.27. The van der Waals surface area contributed by atoms with Crippen LogP contribution in [0.5, 0.6) is 0 Å². The molecule has 11 heavy (non-hydrogen) atoms. The van der Waals surface area contributed by atoms with Crippen LogP contribution in [0.1, 0.15) is 52.9 Å². The predicted molar refractivity (Wildman–Crippen MR) is 50.6 cm³/mol. The van der Waals surface area contributed by atoms with E-state index in [2.05, 4.69) is 20.8 Å². The first-order valence-corrected chi connectivity index (χ1v) is 5.24. The van der Waals surface area contributed by atoms with E-state index in [0.29, 0.717) is 0 Å². The molecule has 0 heteroatoms. The molecule has 1 saturated carbocycles. The van der Waals surface area contributed by atoms with Crippen molar-refractivity contribution in [1.29, 1.82) is 0 Å². The molecule has 1 fully saturated rings. The molecular formula is C11H22. The molecule has 1 unspecified atom stereocenters. The Morgan fingerprint density at radius 1 is 1.27 bits per heavy atom. The van der Waals surface area contributed by atoms with Gasteiger partial charge in [0.1, 0.15) is 0 Å². The van der Waals surface area contributed by atoms with Crippen molar-refractivity contribution in [3.63, 3.8) is 0 Å². The minimum atomic E-state index is 0.913. The van der Waals surface area contributed by atoms with Gasteiger partial charge in [-0.1, -0.05) is 46.5 Å². The summed E-state index contributed by atoms with van der Waals surface area (Å²) < 4.78 is 0. The van der Waals surface area contributed by atoms with Crippen LogP contribution in [0.3, 0.4) is 0 Å². The van der Waals surface area contributed by atoms with E-state index in [4.69, 9.17) is 0 Å². The zero-order valence-electron chi connectivity index (χ0n) is 8.27. The predicted octanol–water partition coefficient (Wildman–Crippen LogP) is 3.86. The Morgan fingerprint density at radius 2 is 1.91 bits per heavy atom. The lowest BCUT2D eigenvalue weighted by molar-refractivity contribution is 0.318. The maximum Gasteiger partial charge on any atom is -0.0389 e. The summed E-state index contributed by atoms with van der Waals surface area (Å²) in [5.41, 5.74) is 0. The van der Waals surface area contributed by atoms with E-state index in [-0.39, 0.29) is 0 Å². The summed E-state index contributed by atoms with van der Waals surface area (Å²) in [4.78, 5) is 0. The fraction of sp³-hybridized carbons (Fsp3) is 1.00. The largest absolute Gasteiger partial charge is 0.0654 e. The summed E-state index contributed by atoms with van der Waals surface area (Å²) >= 11 is 0. The number of hydrogen-bond acceptors (Lipinski definition) is 0. The fourth-order valence-electron chi connectivity index (χ4n) is 1.88. The average molecular weight is 154 g/mol. The van der Waals surface area contributed by atoms with E-state index in [1.54, 1.807) is 0 Å². The van der Waals surface area contributed by atoms with Crippen molar-refractivity contribution in [1.82, 2.24) is 0 Å². The van der Waals surface area contributed by atoms with E-state index in [1.165, 1.54) is 32.1 Å². The summed E-state index contributed by atoms with van der Waals surface area (Å²) in [5, 5.41) is 0. The average Bonchev–Trinajstić information content (AvgIpc) is 2.70. The summed E-state index contributed by atoms with van der Waals surface area (Å²) in [6.07, 6.45) is 7.38. The van der Waals surface area contributed by atoms with Crippen LogP contribution in [-0.4, -0.2) is 0 Å². The third-order valence-electron chi connectivity index (χ3n) is 2.94. The van der Waals surface area contributed by atoms with Crippen LogP contribution in [0.2, 0.25) is 0 Å². The topological polar surface area (TPSA) is 0 Å². The zero-order chi connectivity index (χ0) is 8.27. The molecule has 0 N–H and O–H groups in total. The molecule has 0 aromatic rings. The van der Waals surface area contributed by atoms with Gasteiger partial charge < -0.3 is 0 Å². The number of rotatable bonds is 5. The van der Waals surface area contributed by atoms with Crippen LogP contribution in [-0.2, 0) is 0 Å². The molecule has 0 spiro atoms. The molecular weight excluding hydrogens is 132 g/mol. The first-order valence-electron chi connectivity index (χ1n) is 5.24. The zero-order valence-corrected chi connectivity index (χ0v) is 8.27. The maximum absolute atomic E-state index is 2.38.